The molecule has 0 aliphatic heterocycles. The summed E-state index contributed by atoms with van der Waals surface area (Å²) in [5.41, 5.74) is 1.07. The molecule has 5 heteroatoms. The van der Waals surface area contributed by atoms with E-state index in [0.29, 0.717) is 5.56 Å². The predicted molar refractivity (Wildman–Crippen MR) is 68.0 cm³/mol. The van der Waals surface area contributed by atoms with Crippen LogP contribution in [0.2, 0.25) is 0 Å². The van der Waals surface area contributed by atoms with Crippen molar-refractivity contribution in [1.82, 2.24) is 9.97 Å². The number of aromatic amines is 1. The van der Waals surface area contributed by atoms with Crippen molar-refractivity contribution in [2.45, 2.75) is 19.9 Å². The van der Waals surface area contributed by atoms with Crippen LogP contribution in [0.5, 0.6) is 0 Å². The van der Waals surface area contributed by atoms with Gasteiger partial charge in [-0.15, -0.1) is 0 Å². The first-order valence-corrected chi connectivity index (χ1v) is 5.64. The highest BCUT2D eigenvalue weighted by Crippen LogP contribution is 2.18. The number of hydrogen-bond donors (Lipinski definition) is 2. The Morgan fingerprint density at radius 3 is 2.89 bits per heavy atom. The third kappa shape index (κ3) is 2.56. The second kappa shape index (κ2) is 5.00. The van der Waals surface area contributed by atoms with Crippen LogP contribution >= 0.6 is 0 Å². The molecule has 0 saturated carbocycles. The summed E-state index contributed by atoms with van der Waals surface area (Å²) in [6, 6.07) is 4.80. The van der Waals surface area contributed by atoms with Crippen molar-refractivity contribution in [3.63, 3.8) is 0 Å². The number of nitrogens with one attached hydrogen (secondary N) is 2. The molecule has 2 N–H and O–H groups in total. The number of H-pyrrole nitrogens is 1. The summed E-state index contributed by atoms with van der Waals surface area (Å²) < 4.78 is 13.4. The quantitative estimate of drug-likeness (QED) is 0.875. The molecule has 4 nitrogen and oxygen atoms in total. The van der Waals surface area contributed by atoms with Gasteiger partial charge in [0.05, 0.1) is 6.04 Å². The van der Waals surface area contributed by atoms with E-state index in [9.17, 15) is 9.18 Å². The highest BCUT2D eigenvalue weighted by molar-refractivity contribution is 5.36. The Bertz CT molecular complexity index is 609. The number of hydrogen-bond acceptors (Lipinski definition) is 3. The van der Waals surface area contributed by atoms with Crippen molar-refractivity contribution in [1.29, 1.82) is 0 Å². The molecule has 0 radical (unpaired) electrons. The van der Waals surface area contributed by atoms with Crippen molar-refractivity contribution >= 4 is 5.82 Å². The Labute approximate surface area is 104 Å². The van der Waals surface area contributed by atoms with Crippen LogP contribution in [0.4, 0.5) is 10.2 Å². The normalized spacial score (nSPS) is 12.2. The molecule has 18 heavy (non-hydrogen) atoms. The summed E-state index contributed by atoms with van der Waals surface area (Å²) in [5.74, 6) is -0.0259. The van der Waals surface area contributed by atoms with Crippen LogP contribution in [0.3, 0.4) is 0 Å². The third-order valence-corrected chi connectivity index (χ3v) is 2.76. The Morgan fingerprint density at radius 1 is 1.44 bits per heavy atom. The average Bonchev–Trinajstić information content (AvgIpc) is 2.35. The molecule has 2 rings (SSSR count). The second-order valence-electron chi connectivity index (χ2n) is 4.14. The first-order chi connectivity index (χ1) is 8.58. The van der Waals surface area contributed by atoms with Crippen LogP contribution < -0.4 is 10.9 Å². The number of anilines is 1. The molecular weight excluding hydrogens is 233 g/mol. The standard InChI is InChI=1S/C13H14FN3O/c1-8-3-4-10(7-11(8)14)9(2)17-12-13(18)16-6-5-15-12/h3-7,9H,1-2H3,(H,15,17)(H,16,18). The molecule has 1 aromatic heterocycles. The van der Waals surface area contributed by atoms with E-state index < -0.39 is 0 Å². The largest absolute Gasteiger partial charge is 0.359 e. The van der Waals surface area contributed by atoms with Crippen LogP contribution in [0.25, 0.3) is 0 Å². The molecule has 0 fully saturated rings. The van der Waals surface area contributed by atoms with Crippen molar-refractivity contribution in [2.75, 3.05) is 5.32 Å². The molecule has 0 saturated heterocycles. The Morgan fingerprint density at radius 2 is 2.22 bits per heavy atom. The van der Waals surface area contributed by atoms with Crippen molar-refractivity contribution < 1.29 is 4.39 Å². The molecule has 0 amide bonds. The van der Waals surface area contributed by atoms with E-state index >= 15 is 0 Å². The molecule has 94 valence electrons. The van der Waals surface area contributed by atoms with Crippen LogP contribution in [-0.2, 0) is 0 Å². The molecule has 0 aliphatic carbocycles. The lowest BCUT2D eigenvalue weighted by Gasteiger charge is -2.14. The maximum Gasteiger partial charge on any atom is 0.290 e. The van der Waals surface area contributed by atoms with E-state index in [1.807, 2.05) is 13.0 Å². The first-order valence-electron chi connectivity index (χ1n) is 5.64. The summed E-state index contributed by atoms with van der Waals surface area (Å²) in [4.78, 5) is 17.9. The topological polar surface area (TPSA) is 57.8 Å². The summed E-state index contributed by atoms with van der Waals surface area (Å²) >= 11 is 0. The van der Waals surface area contributed by atoms with Gasteiger partial charge in [-0.05, 0) is 31.0 Å². The molecule has 0 bridgehead atoms. The Hall–Kier alpha value is -2.17. The van der Waals surface area contributed by atoms with Crippen LogP contribution in [0.15, 0.2) is 35.4 Å². The monoisotopic (exact) mass is 247 g/mol. The minimum absolute atomic E-state index is 0.198. The van der Waals surface area contributed by atoms with Gasteiger partial charge in [-0.25, -0.2) is 9.37 Å². The summed E-state index contributed by atoms with van der Waals surface area (Å²) in [6.07, 6.45) is 2.95. The van der Waals surface area contributed by atoms with Gasteiger partial charge in [-0.1, -0.05) is 12.1 Å². The SMILES string of the molecule is Cc1ccc(C(C)Nc2ncc[nH]c2=O)cc1F. The number of halogens is 1. The van der Waals surface area contributed by atoms with Crippen LogP contribution in [0.1, 0.15) is 24.1 Å². The zero-order valence-electron chi connectivity index (χ0n) is 10.2. The fourth-order valence-corrected chi connectivity index (χ4v) is 1.62. The van der Waals surface area contributed by atoms with Crippen LogP contribution in [0, 0.1) is 12.7 Å². The molecule has 1 atom stereocenters. The van der Waals surface area contributed by atoms with Crippen molar-refractivity contribution in [3.8, 4) is 0 Å². The van der Waals surface area contributed by atoms with Gasteiger partial charge in [-0.2, -0.15) is 0 Å². The molecule has 0 spiro atoms. The maximum absolute atomic E-state index is 13.4. The summed E-state index contributed by atoms with van der Waals surface area (Å²) in [5, 5.41) is 2.95. The van der Waals surface area contributed by atoms with Gasteiger partial charge in [0.25, 0.3) is 5.56 Å². The van der Waals surface area contributed by atoms with Gasteiger partial charge < -0.3 is 10.3 Å². The van der Waals surface area contributed by atoms with Crippen LogP contribution in [-0.4, -0.2) is 9.97 Å². The van der Waals surface area contributed by atoms with E-state index in [1.165, 1.54) is 18.5 Å². The maximum atomic E-state index is 13.4. The first kappa shape index (κ1) is 12.3. The van der Waals surface area contributed by atoms with Gasteiger partial charge in [-0.3, -0.25) is 4.79 Å². The highest BCUT2D eigenvalue weighted by atomic mass is 19.1. The smallest absolute Gasteiger partial charge is 0.290 e. The second-order valence-corrected chi connectivity index (χ2v) is 4.14. The molecule has 2 aromatic rings. The molecule has 1 aromatic carbocycles. The zero-order chi connectivity index (χ0) is 13.1. The fraction of sp³-hybridized carbons (Fsp3) is 0.231. The highest BCUT2D eigenvalue weighted by Gasteiger charge is 2.09. The van der Waals surface area contributed by atoms with E-state index in [1.54, 1.807) is 13.0 Å². The molecule has 0 aliphatic rings. The lowest BCUT2D eigenvalue weighted by Crippen LogP contribution is -2.18. The molecular formula is C13H14FN3O. The van der Waals surface area contributed by atoms with Gasteiger partial charge >= 0.3 is 0 Å². The zero-order valence-corrected chi connectivity index (χ0v) is 10.2. The van der Waals surface area contributed by atoms with Crippen molar-refractivity contribution in [3.05, 3.63) is 57.9 Å². The average molecular weight is 247 g/mol. The lowest BCUT2D eigenvalue weighted by atomic mass is 10.1. The number of aromatic nitrogens is 2. The Balaban J connectivity index is 2.22. The number of nitrogens with zero attached hydrogens (tertiary/aromatic N) is 1. The van der Waals surface area contributed by atoms with Crippen molar-refractivity contribution in [2.24, 2.45) is 0 Å². The van der Waals surface area contributed by atoms with E-state index in [4.69, 9.17) is 0 Å². The molecule has 1 heterocycles. The minimum atomic E-state index is -0.295. The summed E-state index contributed by atoms with van der Waals surface area (Å²) in [7, 11) is 0. The van der Waals surface area contributed by atoms with E-state index in [0.717, 1.165) is 5.56 Å². The summed E-state index contributed by atoms with van der Waals surface area (Å²) in [6.45, 7) is 3.55. The predicted octanol–water partition coefficient (Wildman–Crippen LogP) is 2.39. The van der Waals surface area contributed by atoms with E-state index in [2.05, 4.69) is 15.3 Å². The van der Waals surface area contributed by atoms with E-state index in [-0.39, 0.29) is 23.2 Å². The van der Waals surface area contributed by atoms with Gasteiger partial charge in [0.15, 0.2) is 5.82 Å². The van der Waals surface area contributed by atoms with Gasteiger partial charge in [0.2, 0.25) is 0 Å². The Kier molecular flexibility index (Phi) is 3.41. The lowest BCUT2D eigenvalue weighted by molar-refractivity contribution is 0.614. The number of aryl methyl sites for hydroxylation is 1. The number of rotatable bonds is 3. The van der Waals surface area contributed by atoms with Gasteiger partial charge in [0, 0.05) is 12.4 Å². The minimum Gasteiger partial charge on any atom is -0.359 e. The number of benzene rings is 1. The third-order valence-electron chi connectivity index (χ3n) is 2.76. The fourth-order valence-electron chi connectivity index (χ4n) is 1.62. The van der Waals surface area contributed by atoms with Gasteiger partial charge in [0.1, 0.15) is 5.82 Å². The molecule has 1 unspecified atom stereocenters.